The second-order valence-corrected chi connectivity index (χ2v) is 20.3. The maximum absolute atomic E-state index is 5.98. The lowest BCUT2D eigenvalue weighted by Crippen LogP contribution is -2.49. The first-order chi connectivity index (χ1) is 20.3. The van der Waals surface area contributed by atoms with E-state index in [4.69, 9.17) is 39.8 Å². The van der Waals surface area contributed by atoms with Gasteiger partial charge in [-0.05, 0) is 53.1 Å². The van der Waals surface area contributed by atoms with Crippen molar-refractivity contribution in [1.29, 1.82) is 0 Å². The summed E-state index contributed by atoms with van der Waals surface area (Å²) in [5.74, 6) is 0.270. The van der Waals surface area contributed by atoms with Gasteiger partial charge in [-0.1, -0.05) is 38.1 Å². The van der Waals surface area contributed by atoms with E-state index in [0.29, 0.717) is 19.8 Å². The number of hydrogen-bond acceptors (Lipinski definition) is 11. The van der Waals surface area contributed by atoms with E-state index in [1.54, 1.807) is 42.7 Å². The second kappa shape index (κ2) is 26.6. The lowest BCUT2D eigenvalue weighted by atomic mass is 10.1. The Balaban J connectivity index is 4.53. The van der Waals surface area contributed by atoms with Crippen molar-refractivity contribution in [2.24, 2.45) is 0 Å². The molecular weight excluding hydrogens is 609 g/mol. The Kier molecular flexibility index (Phi) is 26.9. The second-order valence-electron chi connectivity index (χ2n) is 9.95. The van der Waals surface area contributed by atoms with Crippen LogP contribution in [0.4, 0.5) is 0 Å². The highest BCUT2D eigenvalue weighted by atomic mass is 28.4. The summed E-state index contributed by atoms with van der Waals surface area (Å²) >= 11 is 0. The zero-order chi connectivity index (χ0) is 31.6. The van der Waals surface area contributed by atoms with Gasteiger partial charge in [-0.2, -0.15) is 0 Å². The van der Waals surface area contributed by atoms with Gasteiger partial charge in [0.25, 0.3) is 0 Å². The molecule has 2 radical (unpaired) electrons. The lowest BCUT2D eigenvalue weighted by Gasteiger charge is -2.28. The molecule has 0 aliphatic rings. The third kappa shape index (κ3) is 17.8. The normalized spacial score (nSPS) is 13.0. The van der Waals surface area contributed by atoms with Gasteiger partial charge in [0, 0.05) is 86.4 Å². The molecule has 0 aromatic heterocycles. The number of nitrogens with one attached hydrogen (secondary N) is 2. The van der Waals surface area contributed by atoms with E-state index < -0.39 is 26.4 Å². The Morgan fingerprint density at radius 2 is 0.833 bits per heavy atom. The fourth-order valence-electron chi connectivity index (χ4n) is 4.85. The molecule has 0 unspecified atom stereocenters. The van der Waals surface area contributed by atoms with Gasteiger partial charge >= 0.3 is 26.4 Å². The Morgan fingerprint density at radius 1 is 0.476 bits per heavy atom. The van der Waals surface area contributed by atoms with Gasteiger partial charge in [0.15, 0.2) is 0 Å². The van der Waals surface area contributed by atoms with Crippen molar-refractivity contribution in [1.82, 2.24) is 10.6 Å². The molecule has 2 N–H and O–H groups in total. The average Bonchev–Trinajstić information content (AvgIpc) is 3.01. The molecule has 0 saturated heterocycles. The van der Waals surface area contributed by atoms with Crippen molar-refractivity contribution in [3.8, 4) is 0 Å². The molecule has 15 heteroatoms. The van der Waals surface area contributed by atoms with E-state index in [2.05, 4.69) is 10.6 Å². The molecule has 0 aliphatic carbocycles. The summed E-state index contributed by atoms with van der Waals surface area (Å²) < 4.78 is 51.3. The molecule has 0 aromatic rings. The lowest BCUT2D eigenvalue weighted by molar-refractivity contribution is 0.0706. The fraction of sp³-hybridized carbons (Fsp3) is 1.00. The van der Waals surface area contributed by atoms with Gasteiger partial charge in [0.05, 0.1) is 9.52 Å². The zero-order valence-corrected chi connectivity index (χ0v) is 32.3. The minimum Gasteiger partial charge on any atom is -0.377 e. The summed E-state index contributed by atoms with van der Waals surface area (Å²) in [7, 11) is 3.20. The van der Waals surface area contributed by atoms with Crippen LogP contribution < -0.4 is 10.6 Å². The van der Waals surface area contributed by atoms with E-state index in [9.17, 15) is 0 Å². The first-order valence-electron chi connectivity index (χ1n) is 15.8. The molecule has 0 amide bonds. The van der Waals surface area contributed by atoms with E-state index in [0.717, 1.165) is 60.0 Å². The van der Waals surface area contributed by atoms with E-state index in [1.165, 1.54) is 38.1 Å². The van der Waals surface area contributed by atoms with Gasteiger partial charge in [-0.25, -0.2) is 0 Å². The fourth-order valence-corrected chi connectivity index (χ4v) is 12.3. The van der Waals surface area contributed by atoms with Crippen LogP contribution >= 0.6 is 0 Å². The highest BCUT2D eigenvalue weighted by molar-refractivity contribution is 6.61. The highest BCUT2D eigenvalue weighted by Crippen LogP contribution is 2.21. The Labute approximate surface area is 263 Å². The van der Waals surface area contributed by atoms with E-state index in [1.807, 2.05) is 20.8 Å². The molecule has 252 valence electrons. The van der Waals surface area contributed by atoms with Crippen LogP contribution in [-0.2, 0) is 39.8 Å². The zero-order valence-electron chi connectivity index (χ0n) is 28.3. The van der Waals surface area contributed by atoms with Gasteiger partial charge < -0.3 is 50.5 Å². The topological polar surface area (TPSA) is 107 Å². The van der Waals surface area contributed by atoms with Crippen LogP contribution in [0.15, 0.2) is 0 Å². The van der Waals surface area contributed by atoms with E-state index >= 15 is 0 Å². The average molecular weight is 673 g/mol. The molecule has 0 atom stereocenters. The van der Waals surface area contributed by atoms with Gasteiger partial charge in [-0.15, -0.1) is 0 Å². The van der Waals surface area contributed by atoms with Crippen LogP contribution in [0, 0.1) is 0 Å². The van der Waals surface area contributed by atoms with Crippen LogP contribution in [0.25, 0.3) is 0 Å². The monoisotopic (exact) mass is 672 g/mol. The van der Waals surface area contributed by atoms with Crippen molar-refractivity contribution >= 4 is 35.9 Å². The first kappa shape index (κ1) is 42.4. The first-order valence-corrected chi connectivity index (χ1v) is 22.8. The molecule has 0 aromatic carbocycles. The van der Waals surface area contributed by atoms with Crippen LogP contribution in [0.1, 0.15) is 72.1 Å². The van der Waals surface area contributed by atoms with Crippen LogP contribution in [0.5, 0.6) is 0 Å². The summed E-state index contributed by atoms with van der Waals surface area (Å²) in [6, 6.07) is 3.69. The Hall–Kier alpha value is 0.428. The predicted octanol–water partition coefficient (Wildman–Crippen LogP) is 4.50. The maximum Gasteiger partial charge on any atom is 0.500 e. The number of hydrogen-bond donors (Lipinski definition) is 2. The maximum atomic E-state index is 5.98. The van der Waals surface area contributed by atoms with Crippen LogP contribution in [0.3, 0.4) is 0 Å². The Bertz CT molecular complexity index is 548. The molecule has 0 bridgehead atoms. The molecule has 0 saturated carbocycles. The summed E-state index contributed by atoms with van der Waals surface area (Å²) in [6.07, 6.45) is 9.16. The van der Waals surface area contributed by atoms with Gasteiger partial charge in [0.1, 0.15) is 0 Å². The van der Waals surface area contributed by atoms with Gasteiger partial charge in [-0.3, -0.25) is 0 Å². The van der Waals surface area contributed by atoms with Crippen molar-refractivity contribution < 1.29 is 39.8 Å². The summed E-state index contributed by atoms with van der Waals surface area (Å²) in [5.41, 5.74) is 0. The van der Waals surface area contributed by atoms with Crippen molar-refractivity contribution in [3.63, 3.8) is 0 Å². The largest absolute Gasteiger partial charge is 0.500 e. The molecule has 42 heavy (non-hydrogen) atoms. The smallest absolute Gasteiger partial charge is 0.377 e. The SMILES string of the molecule is CCO[Si](CCCCCCCC[Si]C(NCCC[Si](OC)(OC)OC)NCCC[Si](OC)(OC)OC)(OCC)OCC. The van der Waals surface area contributed by atoms with Gasteiger partial charge in [0.2, 0.25) is 0 Å². The quantitative estimate of drug-likeness (QED) is 0.0600. The van der Waals surface area contributed by atoms with E-state index in [-0.39, 0.29) is 5.79 Å². The molecule has 0 heterocycles. The molecule has 0 aliphatic heterocycles. The number of unbranched alkanes of at least 4 members (excludes halogenated alkanes) is 5. The summed E-state index contributed by atoms with van der Waals surface area (Å²) in [4.78, 5) is 0. The van der Waals surface area contributed by atoms with Crippen LogP contribution in [0.2, 0.25) is 24.2 Å². The van der Waals surface area contributed by atoms with Crippen LogP contribution in [-0.4, -0.2) is 117 Å². The third-order valence-corrected chi connectivity index (χ3v) is 17.5. The summed E-state index contributed by atoms with van der Waals surface area (Å²) in [5, 5.41) is 7.42. The highest BCUT2D eigenvalue weighted by Gasteiger charge is 2.40. The number of rotatable bonds is 32. The predicted molar refractivity (Wildman–Crippen MR) is 176 cm³/mol. The van der Waals surface area contributed by atoms with Crippen molar-refractivity contribution in [2.75, 3.05) is 75.6 Å². The minimum absolute atomic E-state index is 0.270. The summed E-state index contributed by atoms with van der Waals surface area (Å²) in [6.45, 7) is 9.72. The Morgan fingerprint density at radius 3 is 1.21 bits per heavy atom. The molecule has 0 spiro atoms. The molecule has 0 fully saturated rings. The third-order valence-electron chi connectivity index (χ3n) is 7.23. The van der Waals surface area contributed by atoms with Crippen molar-refractivity contribution in [2.45, 2.75) is 102 Å². The molecule has 0 rings (SSSR count). The van der Waals surface area contributed by atoms with Crippen molar-refractivity contribution in [3.05, 3.63) is 0 Å². The standard InChI is InChI=1S/C27H64N2O9Si4/c1-10-36-42(37-11-2,38-12-3)24-18-16-14-13-15-17-23-39-27(28-21-19-25-40(30-4,31-5)32-6)29-22-20-26-41(33-7,34-8)35-9/h27-29H,10-26H2,1-9H3. The molecule has 11 nitrogen and oxygen atoms in total. The minimum atomic E-state index is -2.54. The molecular formula is C27H64N2O9Si4.